The first kappa shape index (κ1) is 23.0. The second-order valence-electron chi connectivity index (χ2n) is 8.96. The van der Waals surface area contributed by atoms with Crippen LogP contribution in [0.1, 0.15) is 141 Å². The zero-order valence-corrected chi connectivity index (χ0v) is 19.2. The molecule has 0 aromatic heterocycles. The van der Waals surface area contributed by atoms with Crippen molar-refractivity contribution < 1.29 is 0 Å². The normalized spacial score (nSPS) is 25.4. The molecule has 2 aliphatic rings. The number of rotatable bonds is 3. The van der Waals surface area contributed by atoms with E-state index in [1.54, 1.807) is 0 Å². The molecule has 0 nitrogen and oxygen atoms in total. The van der Waals surface area contributed by atoms with Crippen LogP contribution < -0.4 is 0 Å². The lowest BCUT2D eigenvalue weighted by molar-refractivity contribution is 0.509. The van der Waals surface area contributed by atoms with Crippen LogP contribution in [0.25, 0.3) is 0 Å². The summed E-state index contributed by atoms with van der Waals surface area (Å²) < 4.78 is 0. The maximum absolute atomic E-state index is 2.31. The summed E-state index contributed by atoms with van der Waals surface area (Å²) in [5.41, 5.74) is 0. The van der Waals surface area contributed by atoms with E-state index in [2.05, 4.69) is 21.6 Å². The van der Waals surface area contributed by atoms with Gasteiger partial charge in [-0.3, -0.25) is 0 Å². The van der Waals surface area contributed by atoms with Gasteiger partial charge in [0.25, 0.3) is 0 Å². The Morgan fingerprint density at radius 3 is 0.692 bits per heavy atom. The Hall–Kier alpha value is 0.700. The number of hydrogen-bond acceptors (Lipinski definition) is 2. The molecular formula is C24H46S2. The first-order chi connectivity index (χ1) is 12.9. The molecule has 154 valence electrons. The van der Waals surface area contributed by atoms with Crippen LogP contribution in [0.15, 0.2) is 0 Å². The second kappa shape index (κ2) is 16.6. The highest BCUT2D eigenvalue weighted by atomic mass is 33.1. The van der Waals surface area contributed by atoms with Gasteiger partial charge in [0.2, 0.25) is 0 Å². The second-order valence-corrected chi connectivity index (χ2v) is 11.8. The molecule has 0 unspecified atom stereocenters. The molecule has 2 rings (SSSR count). The van der Waals surface area contributed by atoms with E-state index in [0.29, 0.717) is 0 Å². The summed E-state index contributed by atoms with van der Waals surface area (Å²) in [5, 5.41) is 1.89. The van der Waals surface area contributed by atoms with Crippen LogP contribution in [-0.2, 0) is 0 Å². The molecule has 0 spiro atoms. The highest BCUT2D eigenvalue weighted by molar-refractivity contribution is 8.77. The lowest BCUT2D eigenvalue weighted by Gasteiger charge is -2.21. The Balaban J connectivity index is 1.70. The van der Waals surface area contributed by atoms with E-state index in [1.807, 2.05) is 0 Å². The van der Waals surface area contributed by atoms with Gasteiger partial charge in [0.05, 0.1) is 0 Å². The molecule has 0 atom stereocenters. The van der Waals surface area contributed by atoms with E-state index in [1.165, 1.54) is 141 Å². The Labute approximate surface area is 173 Å². The molecule has 0 bridgehead atoms. The molecule has 2 saturated carbocycles. The molecule has 0 amide bonds. The van der Waals surface area contributed by atoms with Crippen LogP contribution in [0.2, 0.25) is 0 Å². The SMILES string of the molecule is C1CCCCCC(SSC2CCCCCCCCCCC2)CCCCC1. The minimum absolute atomic E-state index is 0.945. The largest absolute Gasteiger partial charge is 0.0904 e. The Morgan fingerprint density at radius 2 is 0.462 bits per heavy atom. The molecule has 0 heterocycles. The fraction of sp³-hybridized carbons (Fsp3) is 1.00. The van der Waals surface area contributed by atoms with Crippen molar-refractivity contribution in [3.63, 3.8) is 0 Å². The van der Waals surface area contributed by atoms with Crippen LogP contribution in [-0.4, -0.2) is 10.5 Å². The van der Waals surface area contributed by atoms with Crippen molar-refractivity contribution in [3.8, 4) is 0 Å². The Bertz CT molecular complexity index is 251. The molecule has 0 radical (unpaired) electrons. The minimum atomic E-state index is 0.945. The third-order valence-corrected chi connectivity index (χ3v) is 10.00. The van der Waals surface area contributed by atoms with Gasteiger partial charge in [-0.25, -0.2) is 0 Å². The standard InChI is InChI=1S/C24H46S2/c1-3-7-11-15-19-23(20-16-12-8-4-1)25-26-24-21-17-13-9-5-2-6-10-14-18-22-24/h23-24H,1-22H2. The van der Waals surface area contributed by atoms with Crippen molar-refractivity contribution in [2.45, 2.75) is 152 Å². The average Bonchev–Trinajstić information content (AvgIpc) is 2.63. The molecule has 2 heteroatoms. The van der Waals surface area contributed by atoms with E-state index < -0.39 is 0 Å². The van der Waals surface area contributed by atoms with Crippen LogP contribution in [0, 0.1) is 0 Å². The predicted octanol–water partition coefficient (Wildman–Crippen LogP) is 9.71. The van der Waals surface area contributed by atoms with Gasteiger partial charge in [-0.2, -0.15) is 0 Å². The third kappa shape index (κ3) is 12.2. The van der Waals surface area contributed by atoms with Gasteiger partial charge < -0.3 is 0 Å². The van der Waals surface area contributed by atoms with Crippen LogP contribution >= 0.6 is 21.6 Å². The van der Waals surface area contributed by atoms with Gasteiger partial charge in [0, 0.05) is 10.5 Å². The molecule has 2 aliphatic carbocycles. The molecule has 0 aromatic carbocycles. The summed E-state index contributed by atoms with van der Waals surface area (Å²) in [4.78, 5) is 0. The summed E-state index contributed by atoms with van der Waals surface area (Å²) in [6.45, 7) is 0. The Kier molecular flexibility index (Phi) is 14.7. The van der Waals surface area contributed by atoms with Crippen molar-refractivity contribution in [2.75, 3.05) is 0 Å². The lowest BCUT2D eigenvalue weighted by atomic mass is 10.0. The quantitative estimate of drug-likeness (QED) is 0.434. The third-order valence-electron chi connectivity index (χ3n) is 6.43. The van der Waals surface area contributed by atoms with Gasteiger partial charge >= 0.3 is 0 Å². The van der Waals surface area contributed by atoms with E-state index in [0.717, 1.165) is 10.5 Å². The van der Waals surface area contributed by atoms with E-state index in [4.69, 9.17) is 0 Å². The molecule has 0 saturated heterocycles. The first-order valence-electron chi connectivity index (χ1n) is 12.3. The highest BCUT2D eigenvalue weighted by Crippen LogP contribution is 2.40. The van der Waals surface area contributed by atoms with Gasteiger partial charge in [-0.15, -0.1) is 0 Å². The monoisotopic (exact) mass is 398 g/mol. The zero-order valence-electron chi connectivity index (χ0n) is 17.5. The van der Waals surface area contributed by atoms with E-state index in [-0.39, 0.29) is 0 Å². The maximum Gasteiger partial charge on any atom is 0.0151 e. The molecule has 0 aliphatic heterocycles. The van der Waals surface area contributed by atoms with E-state index in [9.17, 15) is 0 Å². The van der Waals surface area contributed by atoms with Crippen LogP contribution in [0.3, 0.4) is 0 Å². The van der Waals surface area contributed by atoms with Crippen molar-refractivity contribution in [2.24, 2.45) is 0 Å². The highest BCUT2D eigenvalue weighted by Gasteiger charge is 2.16. The minimum Gasteiger partial charge on any atom is -0.0904 e. The van der Waals surface area contributed by atoms with Crippen molar-refractivity contribution >= 4 is 21.6 Å². The smallest absolute Gasteiger partial charge is 0.0151 e. The summed E-state index contributed by atoms with van der Waals surface area (Å²) in [6, 6.07) is 0. The van der Waals surface area contributed by atoms with Crippen molar-refractivity contribution in [3.05, 3.63) is 0 Å². The van der Waals surface area contributed by atoms with Gasteiger partial charge in [0.15, 0.2) is 0 Å². The van der Waals surface area contributed by atoms with Crippen LogP contribution in [0.5, 0.6) is 0 Å². The van der Waals surface area contributed by atoms with E-state index >= 15 is 0 Å². The molecule has 26 heavy (non-hydrogen) atoms. The van der Waals surface area contributed by atoms with Gasteiger partial charge in [-0.05, 0) is 25.7 Å². The first-order valence-corrected chi connectivity index (χ1v) is 14.5. The molecular weight excluding hydrogens is 352 g/mol. The topological polar surface area (TPSA) is 0 Å². The predicted molar refractivity (Wildman–Crippen MR) is 124 cm³/mol. The summed E-state index contributed by atoms with van der Waals surface area (Å²) in [6.07, 6.45) is 32.8. The lowest BCUT2D eigenvalue weighted by Crippen LogP contribution is -2.06. The zero-order chi connectivity index (χ0) is 18.1. The number of hydrogen-bond donors (Lipinski definition) is 0. The maximum atomic E-state index is 2.31. The summed E-state index contributed by atoms with van der Waals surface area (Å²) in [7, 11) is 4.62. The van der Waals surface area contributed by atoms with Crippen LogP contribution in [0.4, 0.5) is 0 Å². The molecule has 0 N–H and O–H groups in total. The fourth-order valence-corrected chi connectivity index (χ4v) is 8.06. The molecule has 2 fully saturated rings. The average molecular weight is 399 g/mol. The molecule has 0 aromatic rings. The van der Waals surface area contributed by atoms with Gasteiger partial charge in [-0.1, -0.05) is 137 Å². The summed E-state index contributed by atoms with van der Waals surface area (Å²) >= 11 is 0. The fourth-order valence-electron chi connectivity index (χ4n) is 4.60. The Morgan fingerprint density at radius 1 is 0.269 bits per heavy atom. The summed E-state index contributed by atoms with van der Waals surface area (Å²) in [5.74, 6) is 0. The van der Waals surface area contributed by atoms with Gasteiger partial charge in [0.1, 0.15) is 0 Å². The van der Waals surface area contributed by atoms with Crippen molar-refractivity contribution in [1.82, 2.24) is 0 Å². The van der Waals surface area contributed by atoms with Crippen molar-refractivity contribution in [1.29, 1.82) is 0 Å².